The van der Waals surface area contributed by atoms with Gasteiger partial charge in [-0.25, -0.2) is 4.98 Å². The van der Waals surface area contributed by atoms with Crippen LogP contribution in [0.4, 0.5) is 11.5 Å². The van der Waals surface area contributed by atoms with Crippen LogP contribution in [0.1, 0.15) is 36.0 Å². The molecule has 1 aromatic carbocycles. The Labute approximate surface area is 152 Å². The van der Waals surface area contributed by atoms with Gasteiger partial charge in [-0.3, -0.25) is 4.79 Å². The quantitative estimate of drug-likeness (QED) is 0.730. The fraction of sp³-hybridized carbons (Fsp3) is 0.368. The maximum absolute atomic E-state index is 12.3. The van der Waals surface area contributed by atoms with Crippen molar-refractivity contribution in [3.8, 4) is 0 Å². The molecule has 1 aliphatic carbocycles. The maximum Gasteiger partial charge on any atom is 0.257 e. The number of amides is 1. The van der Waals surface area contributed by atoms with Gasteiger partial charge in [-0.2, -0.15) is 0 Å². The number of aliphatic hydroxyl groups is 1. The number of nitrogens with zero attached hydrogens (tertiary/aromatic N) is 1. The number of hydrogen-bond donors (Lipinski definition) is 3. The highest BCUT2D eigenvalue weighted by atomic mass is 35.5. The number of aliphatic hydroxyl groups excluding tert-OH is 1. The van der Waals surface area contributed by atoms with Crippen molar-refractivity contribution in [2.45, 2.75) is 31.7 Å². The number of nitrogens with one attached hydrogen (secondary N) is 2. The molecule has 3 N–H and O–H groups in total. The van der Waals surface area contributed by atoms with Gasteiger partial charge >= 0.3 is 0 Å². The van der Waals surface area contributed by atoms with Crippen molar-refractivity contribution in [2.24, 2.45) is 5.92 Å². The van der Waals surface area contributed by atoms with Gasteiger partial charge in [0.25, 0.3) is 5.91 Å². The molecule has 1 fully saturated rings. The smallest absolute Gasteiger partial charge is 0.257 e. The van der Waals surface area contributed by atoms with Crippen molar-refractivity contribution in [2.75, 3.05) is 17.2 Å². The van der Waals surface area contributed by atoms with Crippen LogP contribution in [0.3, 0.4) is 0 Å². The second kappa shape index (κ2) is 8.32. The Morgan fingerprint density at radius 3 is 2.88 bits per heavy atom. The summed E-state index contributed by atoms with van der Waals surface area (Å²) in [5.41, 5.74) is 1.14. The van der Waals surface area contributed by atoms with E-state index in [4.69, 9.17) is 16.7 Å². The number of aromatic nitrogens is 1. The number of pyridine rings is 1. The molecule has 0 saturated heterocycles. The first-order valence-electron chi connectivity index (χ1n) is 8.56. The minimum absolute atomic E-state index is 0.221. The molecule has 0 aliphatic heterocycles. The summed E-state index contributed by atoms with van der Waals surface area (Å²) < 4.78 is 0. The Balaban J connectivity index is 1.61. The molecular weight excluding hydrogens is 338 g/mol. The normalized spacial score (nSPS) is 19.6. The molecular formula is C19H22ClN3O2. The minimum Gasteiger partial charge on any atom is -0.396 e. The van der Waals surface area contributed by atoms with Crippen LogP contribution in [-0.4, -0.2) is 28.6 Å². The van der Waals surface area contributed by atoms with E-state index in [0.29, 0.717) is 28.2 Å². The van der Waals surface area contributed by atoms with Gasteiger partial charge in [0.15, 0.2) is 0 Å². The highest BCUT2D eigenvalue weighted by Crippen LogP contribution is 2.30. The molecule has 2 unspecified atom stereocenters. The molecule has 6 heteroatoms. The number of halogens is 1. The number of rotatable bonds is 6. The van der Waals surface area contributed by atoms with Crippen LogP contribution in [-0.2, 0) is 0 Å². The lowest BCUT2D eigenvalue weighted by atomic mass is 10.00. The van der Waals surface area contributed by atoms with E-state index in [2.05, 4.69) is 15.6 Å². The Kier molecular flexibility index (Phi) is 5.89. The molecule has 132 valence electrons. The van der Waals surface area contributed by atoms with Crippen molar-refractivity contribution in [3.63, 3.8) is 0 Å². The lowest BCUT2D eigenvalue weighted by Crippen LogP contribution is -2.25. The first-order valence-corrected chi connectivity index (χ1v) is 8.94. The molecule has 1 amide bonds. The monoisotopic (exact) mass is 359 g/mol. The Bertz CT molecular complexity index is 721. The third-order valence-corrected chi connectivity index (χ3v) is 4.84. The van der Waals surface area contributed by atoms with E-state index in [1.165, 1.54) is 6.42 Å². The van der Waals surface area contributed by atoms with Crippen LogP contribution in [0, 0.1) is 5.92 Å². The first kappa shape index (κ1) is 17.7. The van der Waals surface area contributed by atoms with E-state index >= 15 is 0 Å². The van der Waals surface area contributed by atoms with Crippen LogP contribution in [0.2, 0.25) is 5.02 Å². The Morgan fingerprint density at radius 1 is 1.28 bits per heavy atom. The van der Waals surface area contributed by atoms with Gasteiger partial charge < -0.3 is 15.7 Å². The van der Waals surface area contributed by atoms with E-state index < -0.39 is 0 Å². The first-order chi connectivity index (χ1) is 12.2. The summed E-state index contributed by atoms with van der Waals surface area (Å²) >= 11 is 5.92. The topological polar surface area (TPSA) is 74.2 Å². The number of carbonyl (C=O) groups is 1. The van der Waals surface area contributed by atoms with Gasteiger partial charge in [-0.05, 0) is 55.5 Å². The zero-order chi connectivity index (χ0) is 17.6. The lowest BCUT2D eigenvalue weighted by molar-refractivity contribution is 0.102. The Morgan fingerprint density at radius 2 is 2.16 bits per heavy atom. The molecule has 25 heavy (non-hydrogen) atoms. The highest BCUT2D eigenvalue weighted by Gasteiger charge is 2.26. The van der Waals surface area contributed by atoms with Crippen molar-refractivity contribution in [3.05, 3.63) is 53.2 Å². The van der Waals surface area contributed by atoms with Gasteiger partial charge in [0.05, 0.1) is 5.56 Å². The third kappa shape index (κ3) is 4.71. The number of anilines is 2. The van der Waals surface area contributed by atoms with Crippen molar-refractivity contribution in [1.82, 2.24) is 4.98 Å². The van der Waals surface area contributed by atoms with Crippen molar-refractivity contribution >= 4 is 29.0 Å². The van der Waals surface area contributed by atoms with Crippen molar-refractivity contribution < 1.29 is 9.90 Å². The second-order valence-corrected chi connectivity index (χ2v) is 6.79. The maximum atomic E-state index is 12.3. The molecule has 1 heterocycles. The zero-order valence-corrected chi connectivity index (χ0v) is 14.7. The Hall–Kier alpha value is -2.11. The zero-order valence-electron chi connectivity index (χ0n) is 13.9. The van der Waals surface area contributed by atoms with E-state index in [0.717, 1.165) is 25.1 Å². The molecule has 2 aromatic rings. The predicted octanol–water partition coefficient (Wildman–Crippen LogP) is 3.95. The molecule has 2 atom stereocenters. The standard InChI is InChI=1S/C19H22ClN3O2/c20-15-4-2-5-16(11-15)22-19(25)14-7-8-18(21-12-14)23-17-6-1-3-13(17)9-10-24/h2,4-5,7-8,11-13,17,24H,1,3,6,9-10H2,(H,21,23)(H,22,25). The van der Waals surface area contributed by atoms with Gasteiger partial charge in [0.1, 0.15) is 5.82 Å². The molecule has 1 aromatic heterocycles. The average Bonchev–Trinajstić information content (AvgIpc) is 3.03. The van der Waals surface area contributed by atoms with E-state index in [1.54, 1.807) is 36.5 Å². The predicted molar refractivity (Wildman–Crippen MR) is 100 cm³/mol. The van der Waals surface area contributed by atoms with Crippen molar-refractivity contribution in [1.29, 1.82) is 0 Å². The van der Waals surface area contributed by atoms with Gasteiger partial charge in [-0.15, -0.1) is 0 Å². The molecule has 1 saturated carbocycles. The third-order valence-electron chi connectivity index (χ3n) is 4.60. The summed E-state index contributed by atoms with van der Waals surface area (Å²) in [5, 5.41) is 16.0. The average molecular weight is 360 g/mol. The van der Waals surface area contributed by atoms with Gasteiger partial charge in [0.2, 0.25) is 0 Å². The lowest BCUT2D eigenvalue weighted by Gasteiger charge is -2.20. The largest absolute Gasteiger partial charge is 0.396 e. The van der Waals surface area contributed by atoms with Crippen LogP contribution in [0.15, 0.2) is 42.6 Å². The summed E-state index contributed by atoms with van der Waals surface area (Å²) in [6.45, 7) is 0.221. The molecule has 1 aliphatic rings. The van der Waals surface area contributed by atoms with E-state index in [-0.39, 0.29) is 12.5 Å². The fourth-order valence-electron chi connectivity index (χ4n) is 3.31. The molecule has 0 bridgehead atoms. The summed E-state index contributed by atoms with van der Waals surface area (Å²) in [7, 11) is 0. The summed E-state index contributed by atoms with van der Waals surface area (Å²) in [5.74, 6) is 1.02. The summed E-state index contributed by atoms with van der Waals surface area (Å²) in [4.78, 5) is 16.6. The van der Waals surface area contributed by atoms with E-state index in [9.17, 15) is 4.79 Å². The van der Waals surface area contributed by atoms with Gasteiger partial charge in [-0.1, -0.05) is 24.1 Å². The SMILES string of the molecule is O=C(Nc1cccc(Cl)c1)c1ccc(NC2CCCC2CCO)nc1. The van der Waals surface area contributed by atoms with Crippen LogP contribution in [0.5, 0.6) is 0 Å². The molecule has 0 spiro atoms. The number of benzene rings is 1. The summed E-state index contributed by atoms with van der Waals surface area (Å²) in [6.07, 6.45) is 5.78. The molecule has 0 radical (unpaired) electrons. The van der Waals surface area contributed by atoms with E-state index in [1.807, 2.05) is 6.07 Å². The molecule has 5 nitrogen and oxygen atoms in total. The second-order valence-electron chi connectivity index (χ2n) is 6.35. The minimum atomic E-state index is -0.222. The summed E-state index contributed by atoms with van der Waals surface area (Å²) in [6, 6.07) is 10.9. The number of carbonyl (C=O) groups excluding carboxylic acids is 1. The van der Waals surface area contributed by atoms with Crippen LogP contribution >= 0.6 is 11.6 Å². The van der Waals surface area contributed by atoms with Crippen LogP contribution in [0.25, 0.3) is 0 Å². The number of hydrogen-bond acceptors (Lipinski definition) is 4. The highest BCUT2D eigenvalue weighted by molar-refractivity contribution is 6.30. The molecule has 3 rings (SSSR count). The van der Waals surface area contributed by atoms with Crippen LogP contribution < -0.4 is 10.6 Å². The fourth-order valence-corrected chi connectivity index (χ4v) is 3.50. The van der Waals surface area contributed by atoms with Gasteiger partial charge in [0, 0.05) is 29.6 Å².